The number of hydrogen-bond donors (Lipinski definition) is 2. The average molecular weight is 299 g/mol. The van der Waals surface area contributed by atoms with Gasteiger partial charge in [-0.3, -0.25) is 9.59 Å². The number of carboxylic acids is 1. The van der Waals surface area contributed by atoms with Gasteiger partial charge < -0.3 is 10.4 Å². The molecule has 2 rings (SSSR count). The maximum Gasteiger partial charge on any atom is 0.416 e. The number of aliphatic carboxylic acids is 1. The second-order valence-electron chi connectivity index (χ2n) is 4.72. The van der Waals surface area contributed by atoms with Crippen LogP contribution >= 0.6 is 0 Å². The lowest BCUT2D eigenvalue weighted by Crippen LogP contribution is -2.33. The molecule has 0 saturated heterocycles. The average Bonchev–Trinajstić information content (AvgIpc) is 2.86. The Morgan fingerprint density at radius 1 is 1.24 bits per heavy atom. The van der Waals surface area contributed by atoms with Crippen molar-refractivity contribution in [3.8, 4) is 0 Å². The van der Waals surface area contributed by atoms with E-state index in [2.05, 4.69) is 5.32 Å². The highest BCUT2D eigenvalue weighted by Crippen LogP contribution is 2.29. The van der Waals surface area contributed by atoms with Crippen molar-refractivity contribution in [2.45, 2.75) is 18.6 Å². The molecule has 0 fully saturated rings. The van der Waals surface area contributed by atoms with E-state index in [0.717, 1.165) is 18.2 Å². The lowest BCUT2D eigenvalue weighted by Gasteiger charge is -2.13. The van der Waals surface area contributed by atoms with Gasteiger partial charge in [0.05, 0.1) is 11.5 Å². The summed E-state index contributed by atoms with van der Waals surface area (Å²) in [5.74, 6) is -2.35. The van der Waals surface area contributed by atoms with Gasteiger partial charge in [0.15, 0.2) is 0 Å². The summed E-state index contributed by atoms with van der Waals surface area (Å²) in [6.45, 7) is 0. The van der Waals surface area contributed by atoms with E-state index in [0.29, 0.717) is 0 Å². The minimum atomic E-state index is -4.52. The summed E-state index contributed by atoms with van der Waals surface area (Å²) < 4.78 is 37.7. The number of rotatable bonds is 3. The summed E-state index contributed by atoms with van der Waals surface area (Å²) in [6.07, 6.45) is -1.33. The van der Waals surface area contributed by atoms with Gasteiger partial charge in [0.2, 0.25) is 0 Å². The summed E-state index contributed by atoms with van der Waals surface area (Å²) >= 11 is 0. The smallest absolute Gasteiger partial charge is 0.416 e. The first-order chi connectivity index (χ1) is 9.77. The van der Waals surface area contributed by atoms with E-state index in [1.165, 1.54) is 18.2 Å². The SMILES string of the molecule is O=C(NC1C=CC(C(=O)O)C1)c1cccc(C(F)(F)F)c1. The maximum atomic E-state index is 12.6. The molecule has 0 spiro atoms. The molecule has 2 atom stereocenters. The van der Waals surface area contributed by atoms with E-state index in [1.54, 1.807) is 0 Å². The Morgan fingerprint density at radius 2 is 1.95 bits per heavy atom. The minimum absolute atomic E-state index is 0.114. The number of nitrogens with one attached hydrogen (secondary N) is 1. The Balaban J connectivity index is 2.05. The predicted octanol–water partition coefficient (Wildman–Crippen LogP) is 2.46. The standard InChI is InChI=1S/C14H12F3NO3/c15-14(16,17)10-3-1-2-8(6-10)12(19)18-11-5-4-9(7-11)13(20)21/h1-6,9,11H,7H2,(H,18,19)(H,20,21). The van der Waals surface area contributed by atoms with E-state index >= 15 is 0 Å². The molecule has 4 nitrogen and oxygen atoms in total. The summed E-state index contributed by atoms with van der Waals surface area (Å²) in [7, 11) is 0. The number of carboxylic acid groups (broad SMARTS) is 1. The van der Waals surface area contributed by atoms with Crippen LogP contribution < -0.4 is 5.32 Å². The Hall–Kier alpha value is -2.31. The van der Waals surface area contributed by atoms with Gasteiger partial charge in [0.1, 0.15) is 0 Å². The first kappa shape index (κ1) is 15.1. The third-order valence-electron chi connectivity index (χ3n) is 3.17. The molecule has 0 aliphatic heterocycles. The van der Waals surface area contributed by atoms with Gasteiger partial charge in [0.25, 0.3) is 5.91 Å². The number of alkyl halides is 3. The van der Waals surface area contributed by atoms with Crippen LogP contribution in [0.25, 0.3) is 0 Å². The molecule has 1 aromatic rings. The van der Waals surface area contributed by atoms with Crippen molar-refractivity contribution >= 4 is 11.9 Å². The van der Waals surface area contributed by atoms with E-state index < -0.39 is 35.6 Å². The molecule has 1 aromatic carbocycles. The molecule has 0 aromatic heterocycles. The third-order valence-corrected chi connectivity index (χ3v) is 3.17. The van der Waals surface area contributed by atoms with Gasteiger partial charge in [-0.05, 0) is 24.6 Å². The van der Waals surface area contributed by atoms with Crippen LogP contribution in [0.4, 0.5) is 13.2 Å². The van der Waals surface area contributed by atoms with Gasteiger partial charge in [-0.2, -0.15) is 13.2 Å². The fourth-order valence-electron chi connectivity index (χ4n) is 2.08. The topological polar surface area (TPSA) is 66.4 Å². The fourth-order valence-corrected chi connectivity index (χ4v) is 2.08. The van der Waals surface area contributed by atoms with Gasteiger partial charge in [-0.15, -0.1) is 0 Å². The predicted molar refractivity (Wildman–Crippen MR) is 67.6 cm³/mol. The van der Waals surface area contributed by atoms with Crippen molar-refractivity contribution in [2.24, 2.45) is 5.92 Å². The maximum absolute atomic E-state index is 12.6. The molecule has 0 heterocycles. The number of halogens is 3. The quantitative estimate of drug-likeness (QED) is 0.843. The molecule has 1 aliphatic rings. The highest BCUT2D eigenvalue weighted by Gasteiger charge is 2.31. The first-order valence-corrected chi connectivity index (χ1v) is 6.16. The molecule has 2 N–H and O–H groups in total. The van der Waals surface area contributed by atoms with Crippen LogP contribution in [0.5, 0.6) is 0 Å². The molecule has 112 valence electrons. The van der Waals surface area contributed by atoms with E-state index in [4.69, 9.17) is 5.11 Å². The molecule has 0 bridgehead atoms. The van der Waals surface area contributed by atoms with Crippen molar-refractivity contribution in [2.75, 3.05) is 0 Å². The number of amides is 1. The van der Waals surface area contributed by atoms with Crippen LogP contribution in [0.1, 0.15) is 22.3 Å². The zero-order valence-electron chi connectivity index (χ0n) is 10.7. The summed E-state index contributed by atoms with van der Waals surface area (Å²) in [4.78, 5) is 22.7. The fraction of sp³-hybridized carbons (Fsp3) is 0.286. The molecule has 1 aliphatic carbocycles. The molecule has 0 radical (unpaired) electrons. The first-order valence-electron chi connectivity index (χ1n) is 6.16. The Morgan fingerprint density at radius 3 is 2.52 bits per heavy atom. The zero-order chi connectivity index (χ0) is 15.6. The number of carbonyl (C=O) groups excluding carboxylic acids is 1. The molecule has 21 heavy (non-hydrogen) atoms. The normalized spacial score (nSPS) is 21.3. The lowest BCUT2D eigenvalue weighted by molar-refractivity contribution is -0.140. The van der Waals surface area contributed by atoms with Crippen LogP contribution in [0.3, 0.4) is 0 Å². The second-order valence-corrected chi connectivity index (χ2v) is 4.72. The Bertz CT molecular complexity index is 595. The molecular weight excluding hydrogens is 287 g/mol. The Kier molecular flexibility index (Phi) is 4.02. The van der Waals surface area contributed by atoms with Crippen LogP contribution in [0, 0.1) is 5.92 Å². The van der Waals surface area contributed by atoms with Crippen molar-refractivity contribution in [3.63, 3.8) is 0 Å². The minimum Gasteiger partial charge on any atom is -0.481 e. The monoisotopic (exact) mass is 299 g/mol. The van der Waals surface area contributed by atoms with Crippen LogP contribution in [-0.2, 0) is 11.0 Å². The van der Waals surface area contributed by atoms with E-state index in [9.17, 15) is 22.8 Å². The third kappa shape index (κ3) is 3.62. The van der Waals surface area contributed by atoms with E-state index in [1.807, 2.05) is 0 Å². The molecule has 7 heteroatoms. The molecule has 1 amide bonds. The van der Waals surface area contributed by atoms with Gasteiger partial charge in [-0.25, -0.2) is 0 Å². The van der Waals surface area contributed by atoms with Crippen LogP contribution in [0.2, 0.25) is 0 Å². The number of hydrogen-bond acceptors (Lipinski definition) is 2. The largest absolute Gasteiger partial charge is 0.481 e. The van der Waals surface area contributed by atoms with Crippen molar-refractivity contribution in [3.05, 3.63) is 47.5 Å². The van der Waals surface area contributed by atoms with Gasteiger partial charge in [-0.1, -0.05) is 18.2 Å². The second kappa shape index (κ2) is 5.59. The van der Waals surface area contributed by atoms with Crippen LogP contribution in [0.15, 0.2) is 36.4 Å². The highest BCUT2D eigenvalue weighted by atomic mass is 19.4. The molecular formula is C14H12F3NO3. The van der Waals surface area contributed by atoms with Crippen LogP contribution in [-0.4, -0.2) is 23.0 Å². The summed E-state index contributed by atoms with van der Waals surface area (Å²) in [5, 5.41) is 11.3. The molecule has 0 saturated carbocycles. The zero-order valence-corrected chi connectivity index (χ0v) is 10.7. The van der Waals surface area contributed by atoms with Gasteiger partial charge in [0, 0.05) is 11.6 Å². The van der Waals surface area contributed by atoms with Gasteiger partial charge >= 0.3 is 12.1 Å². The lowest BCUT2D eigenvalue weighted by atomic mass is 10.1. The number of carbonyl (C=O) groups is 2. The molecule has 2 unspecified atom stereocenters. The van der Waals surface area contributed by atoms with Crippen molar-refractivity contribution in [1.82, 2.24) is 5.32 Å². The summed E-state index contributed by atoms with van der Waals surface area (Å²) in [6, 6.07) is 3.59. The highest BCUT2D eigenvalue weighted by molar-refractivity contribution is 5.94. The summed E-state index contributed by atoms with van der Waals surface area (Å²) in [5.41, 5.74) is -1.02. The van der Waals surface area contributed by atoms with E-state index in [-0.39, 0.29) is 12.0 Å². The van der Waals surface area contributed by atoms with Crippen molar-refractivity contribution < 1.29 is 27.9 Å². The number of benzene rings is 1. The Labute approximate surface area is 118 Å². The van der Waals surface area contributed by atoms with Crippen molar-refractivity contribution in [1.29, 1.82) is 0 Å².